The summed E-state index contributed by atoms with van der Waals surface area (Å²) in [4.78, 5) is 2.56. The topological polar surface area (TPSA) is 43.2 Å². The zero-order valence-corrected chi connectivity index (χ0v) is 19.3. The molecule has 0 amide bonds. The van der Waals surface area contributed by atoms with Crippen LogP contribution in [0.1, 0.15) is 49.8 Å². The monoisotopic (exact) mass is 448 g/mol. The van der Waals surface area contributed by atoms with Crippen LogP contribution in [0.15, 0.2) is 24.8 Å². The van der Waals surface area contributed by atoms with E-state index in [4.69, 9.17) is 27.9 Å². The lowest BCUT2D eigenvalue weighted by molar-refractivity contribution is 0.148. The van der Waals surface area contributed by atoms with E-state index in [-0.39, 0.29) is 5.92 Å². The summed E-state index contributed by atoms with van der Waals surface area (Å²) in [6.07, 6.45) is 5.98. The Kier molecular flexibility index (Phi) is 6.71. The van der Waals surface area contributed by atoms with Gasteiger partial charge in [-0.2, -0.15) is 0 Å². The fourth-order valence-electron chi connectivity index (χ4n) is 4.72. The summed E-state index contributed by atoms with van der Waals surface area (Å²) >= 11 is 12.9. The number of nitrogens with zero attached hydrogens (tertiary/aromatic N) is 4. The molecule has 30 heavy (non-hydrogen) atoms. The summed E-state index contributed by atoms with van der Waals surface area (Å²) in [5, 5.41) is 10.1. The van der Waals surface area contributed by atoms with Gasteiger partial charge in [-0.05, 0) is 57.8 Å². The number of ether oxygens (including phenoxy) is 1. The van der Waals surface area contributed by atoms with E-state index >= 15 is 0 Å². The maximum atomic E-state index is 6.61. The number of piperidine rings is 1. The molecule has 7 heteroatoms. The Labute approximate surface area is 189 Å². The molecule has 4 rings (SSSR count). The van der Waals surface area contributed by atoms with Gasteiger partial charge in [0, 0.05) is 36.9 Å². The maximum Gasteiger partial charge on any atom is 0.133 e. The third-order valence-corrected chi connectivity index (χ3v) is 7.26. The summed E-state index contributed by atoms with van der Waals surface area (Å²) in [5.41, 5.74) is 0.965. The second kappa shape index (κ2) is 9.29. The van der Waals surface area contributed by atoms with Crippen molar-refractivity contribution < 1.29 is 4.74 Å². The first-order chi connectivity index (χ1) is 14.5. The normalized spacial score (nSPS) is 20.0. The van der Waals surface area contributed by atoms with Crippen LogP contribution in [0.25, 0.3) is 0 Å². The standard InChI is InChI=1S/C23H30Cl2N4O/c1-4-11-30-19-6-5-18(24)23(25)22(19)17-13-21-27-26-20(29(21)14-17)12-16-7-9-28(10-8-16)15(2)3/h4-6,15-17H,1,7-14H2,2-3H3. The zero-order valence-electron chi connectivity index (χ0n) is 17.8. The first kappa shape index (κ1) is 21.7. The molecule has 1 saturated heterocycles. The van der Waals surface area contributed by atoms with E-state index in [0.29, 0.717) is 28.6 Å². The molecule has 0 spiro atoms. The van der Waals surface area contributed by atoms with Crippen molar-refractivity contribution in [2.75, 3.05) is 19.7 Å². The minimum Gasteiger partial charge on any atom is -0.489 e. The van der Waals surface area contributed by atoms with Gasteiger partial charge in [-0.1, -0.05) is 35.9 Å². The number of aromatic nitrogens is 3. The van der Waals surface area contributed by atoms with Crippen LogP contribution < -0.4 is 4.74 Å². The van der Waals surface area contributed by atoms with Crippen molar-refractivity contribution >= 4 is 23.2 Å². The largest absolute Gasteiger partial charge is 0.489 e. The number of fused-ring (bicyclic) bond motifs is 1. The Morgan fingerprint density at radius 1 is 1.23 bits per heavy atom. The van der Waals surface area contributed by atoms with E-state index in [1.54, 1.807) is 12.1 Å². The number of halogens is 2. The van der Waals surface area contributed by atoms with Crippen LogP contribution in [0, 0.1) is 5.92 Å². The predicted molar refractivity (Wildman–Crippen MR) is 122 cm³/mol. The van der Waals surface area contributed by atoms with Crippen molar-refractivity contribution in [2.24, 2.45) is 5.92 Å². The lowest BCUT2D eigenvalue weighted by Gasteiger charge is -2.34. The average molecular weight is 449 g/mol. The minimum atomic E-state index is 0.183. The first-order valence-corrected chi connectivity index (χ1v) is 11.6. The molecule has 1 atom stereocenters. The van der Waals surface area contributed by atoms with E-state index in [1.807, 2.05) is 6.07 Å². The van der Waals surface area contributed by atoms with Gasteiger partial charge in [0.1, 0.15) is 24.0 Å². The molecule has 0 radical (unpaired) electrons. The Morgan fingerprint density at radius 3 is 2.70 bits per heavy atom. The van der Waals surface area contributed by atoms with E-state index in [0.717, 1.165) is 42.3 Å². The molecule has 3 heterocycles. The summed E-state index contributed by atoms with van der Waals surface area (Å²) < 4.78 is 8.17. The molecule has 162 valence electrons. The minimum absolute atomic E-state index is 0.183. The quantitative estimate of drug-likeness (QED) is 0.549. The smallest absolute Gasteiger partial charge is 0.133 e. The van der Waals surface area contributed by atoms with Crippen molar-refractivity contribution in [2.45, 2.75) is 58.0 Å². The number of likely N-dealkylation sites (tertiary alicyclic amines) is 1. The fourth-order valence-corrected chi connectivity index (χ4v) is 5.19. The molecule has 1 aromatic carbocycles. The van der Waals surface area contributed by atoms with Gasteiger partial charge in [0.15, 0.2) is 0 Å². The van der Waals surface area contributed by atoms with Gasteiger partial charge >= 0.3 is 0 Å². The van der Waals surface area contributed by atoms with Crippen molar-refractivity contribution in [3.05, 3.63) is 52.0 Å². The highest BCUT2D eigenvalue weighted by Crippen LogP contribution is 2.42. The highest BCUT2D eigenvalue weighted by molar-refractivity contribution is 6.42. The zero-order chi connectivity index (χ0) is 21.3. The van der Waals surface area contributed by atoms with Crippen molar-refractivity contribution in [1.29, 1.82) is 0 Å². The van der Waals surface area contributed by atoms with Gasteiger partial charge in [0.2, 0.25) is 0 Å². The number of benzene rings is 1. The molecule has 2 aliphatic heterocycles. The third-order valence-electron chi connectivity index (χ3n) is 6.44. The van der Waals surface area contributed by atoms with Crippen LogP contribution in [-0.4, -0.2) is 45.4 Å². The Morgan fingerprint density at radius 2 is 2.00 bits per heavy atom. The summed E-state index contributed by atoms with van der Waals surface area (Å²) in [6.45, 7) is 11.9. The Balaban J connectivity index is 1.48. The molecule has 1 fully saturated rings. The van der Waals surface area contributed by atoms with Gasteiger partial charge in [0.05, 0.1) is 10.0 Å². The fraction of sp³-hybridized carbons (Fsp3) is 0.565. The Hall–Kier alpha value is -1.56. The Bertz CT molecular complexity index is 903. The highest BCUT2D eigenvalue weighted by Gasteiger charge is 2.32. The van der Waals surface area contributed by atoms with Crippen LogP contribution in [0.2, 0.25) is 10.0 Å². The molecule has 0 N–H and O–H groups in total. The molecular formula is C23H30Cl2N4O. The molecule has 5 nitrogen and oxygen atoms in total. The average Bonchev–Trinajstić information content (AvgIpc) is 3.31. The van der Waals surface area contributed by atoms with Crippen LogP contribution >= 0.6 is 23.2 Å². The van der Waals surface area contributed by atoms with Crippen molar-refractivity contribution in [3.63, 3.8) is 0 Å². The summed E-state index contributed by atoms with van der Waals surface area (Å²) in [7, 11) is 0. The van der Waals surface area contributed by atoms with E-state index < -0.39 is 0 Å². The van der Waals surface area contributed by atoms with Gasteiger partial charge in [-0.25, -0.2) is 0 Å². The molecular weight excluding hydrogens is 419 g/mol. The van der Waals surface area contributed by atoms with Crippen LogP contribution in [-0.2, 0) is 19.4 Å². The summed E-state index contributed by atoms with van der Waals surface area (Å²) in [6, 6.07) is 4.31. The predicted octanol–water partition coefficient (Wildman–Crippen LogP) is 5.15. The van der Waals surface area contributed by atoms with Crippen LogP contribution in [0.5, 0.6) is 5.75 Å². The molecule has 1 aromatic heterocycles. The highest BCUT2D eigenvalue weighted by atomic mass is 35.5. The lowest BCUT2D eigenvalue weighted by Crippen LogP contribution is -2.39. The molecule has 0 aliphatic carbocycles. The number of rotatable bonds is 7. The van der Waals surface area contributed by atoms with Crippen molar-refractivity contribution in [1.82, 2.24) is 19.7 Å². The van der Waals surface area contributed by atoms with Gasteiger partial charge in [-0.15, -0.1) is 10.2 Å². The van der Waals surface area contributed by atoms with Crippen LogP contribution in [0.3, 0.4) is 0 Å². The van der Waals surface area contributed by atoms with Crippen molar-refractivity contribution in [3.8, 4) is 5.75 Å². The van der Waals surface area contributed by atoms with E-state index in [9.17, 15) is 0 Å². The third kappa shape index (κ3) is 4.39. The lowest BCUT2D eigenvalue weighted by atomic mass is 9.92. The second-order valence-electron chi connectivity index (χ2n) is 8.69. The van der Waals surface area contributed by atoms with Gasteiger partial charge in [0.25, 0.3) is 0 Å². The summed E-state index contributed by atoms with van der Waals surface area (Å²) in [5.74, 6) is 3.76. The van der Waals surface area contributed by atoms with Gasteiger partial charge < -0.3 is 14.2 Å². The second-order valence-corrected chi connectivity index (χ2v) is 9.48. The SMILES string of the molecule is C=CCOc1ccc(Cl)c(Cl)c1C1Cc2nnc(CC3CCN(C(C)C)CC3)n2C1. The number of hydrogen-bond acceptors (Lipinski definition) is 4. The first-order valence-electron chi connectivity index (χ1n) is 10.8. The maximum absolute atomic E-state index is 6.61. The number of hydrogen-bond donors (Lipinski definition) is 0. The molecule has 0 saturated carbocycles. The van der Waals surface area contributed by atoms with E-state index in [1.165, 1.54) is 25.9 Å². The molecule has 2 aliphatic rings. The van der Waals surface area contributed by atoms with E-state index in [2.05, 4.69) is 40.1 Å². The molecule has 1 unspecified atom stereocenters. The van der Waals surface area contributed by atoms with Gasteiger partial charge in [-0.3, -0.25) is 0 Å². The molecule has 0 bridgehead atoms. The van der Waals surface area contributed by atoms with Crippen LogP contribution in [0.4, 0.5) is 0 Å². The molecule has 2 aromatic rings.